The van der Waals surface area contributed by atoms with E-state index in [9.17, 15) is 13.0 Å². The van der Waals surface area contributed by atoms with Crippen LogP contribution in [0.25, 0.3) is 0 Å². The summed E-state index contributed by atoms with van der Waals surface area (Å²) in [5.74, 6) is -0.707. The van der Waals surface area contributed by atoms with Crippen LogP contribution in [0.5, 0.6) is 5.75 Å². The summed E-state index contributed by atoms with van der Waals surface area (Å²) >= 11 is 0. The Hall–Kier alpha value is -1.79. The molecule has 2 aromatic rings. The second-order valence-corrected chi connectivity index (χ2v) is 5.93. The number of methoxy groups -OCH3 is 1. The molecule has 3 nitrogen and oxygen atoms in total. The number of halogens is 2. The van der Waals surface area contributed by atoms with E-state index in [0.717, 1.165) is 23.8 Å². The first-order valence-electron chi connectivity index (χ1n) is 6.24. The third-order valence-electron chi connectivity index (χ3n) is 2.99. The molecule has 0 amide bonds. The maximum Gasteiger partial charge on any atom is 0.139 e. The molecule has 2 unspecified atom stereocenters. The van der Waals surface area contributed by atoms with Gasteiger partial charge in [0.2, 0.25) is 0 Å². The topological polar surface area (TPSA) is 52.3 Å². The van der Waals surface area contributed by atoms with Gasteiger partial charge in [-0.05, 0) is 35.9 Å². The Morgan fingerprint density at radius 1 is 1.24 bits per heavy atom. The number of hydrogen-bond acceptors (Lipinski definition) is 3. The van der Waals surface area contributed by atoms with Crippen LogP contribution in [0.4, 0.5) is 8.78 Å². The van der Waals surface area contributed by atoms with Gasteiger partial charge in [0, 0.05) is 11.8 Å². The SMILES string of the molecule is COc1cccc(C(N)CS(=O)c2cc(F)ccc2F)c1. The predicted octanol–water partition coefficient (Wildman–Crippen LogP) is 2.78. The zero-order valence-corrected chi connectivity index (χ0v) is 12.2. The molecule has 0 fully saturated rings. The second kappa shape index (κ2) is 6.78. The van der Waals surface area contributed by atoms with Crippen molar-refractivity contribution in [3.8, 4) is 5.75 Å². The molecule has 21 heavy (non-hydrogen) atoms. The van der Waals surface area contributed by atoms with Gasteiger partial charge in [-0.1, -0.05) is 12.1 Å². The predicted molar refractivity (Wildman–Crippen MR) is 77.6 cm³/mol. The fraction of sp³-hybridized carbons (Fsp3) is 0.200. The molecule has 0 aliphatic carbocycles. The van der Waals surface area contributed by atoms with Gasteiger partial charge in [-0.25, -0.2) is 8.78 Å². The van der Waals surface area contributed by atoms with Crippen LogP contribution >= 0.6 is 0 Å². The van der Waals surface area contributed by atoms with Gasteiger partial charge >= 0.3 is 0 Å². The highest BCUT2D eigenvalue weighted by Crippen LogP contribution is 2.21. The molecule has 0 radical (unpaired) electrons. The lowest BCUT2D eigenvalue weighted by atomic mass is 10.1. The van der Waals surface area contributed by atoms with E-state index in [0.29, 0.717) is 5.75 Å². The molecule has 6 heteroatoms. The van der Waals surface area contributed by atoms with Gasteiger partial charge in [0.15, 0.2) is 0 Å². The first kappa shape index (κ1) is 15.6. The molecule has 2 N–H and O–H groups in total. The third kappa shape index (κ3) is 3.86. The summed E-state index contributed by atoms with van der Waals surface area (Å²) in [6, 6.07) is 9.33. The molecule has 2 atom stereocenters. The van der Waals surface area contributed by atoms with Gasteiger partial charge in [-0.2, -0.15) is 0 Å². The molecule has 0 saturated carbocycles. The first-order valence-corrected chi connectivity index (χ1v) is 7.56. The van der Waals surface area contributed by atoms with Gasteiger partial charge in [0.25, 0.3) is 0 Å². The van der Waals surface area contributed by atoms with Crippen LogP contribution in [0, 0.1) is 11.6 Å². The third-order valence-corrected chi connectivity index (χ3v) is 4.46. The van der Waals surface area contributed by atoms with Crippen LogP contribution in [0.15, 0.2) is 47.4 Å². The normalized spacial score (nSPS) is 13.7. The first-order chi connectivity index (χ1) is 10.0. The zero-order valence-electron chi connectivity index (χ0n) is 11.4. The molecular weight excluding hydrogens is 296 g/mol. The van der Waals surface area contributed by atoms with Crippen LogP contribution in [0.1, 0.15) is 11.6 Å². The minimum Gasteiger partial charge on any atom is -0.497 e. The van der Waals surface area contributed by atoms with E-state index >= 15 is 0 Å². The molecule has 0 aliphatic rings. The quantitative estimate of drug-likeness (QED) is 0.924. The van der Waals surface area contributed by atoms with E-state index in [2.05, 4.69) is 0 Å². The standard InChI is InChI=1S/C15H15F2NO2S/c1-20-12-4-2-3-10(7-12)14(18)9-21(19)15-8-11(16)5-6-13(15)17/h2-8,14H,9,18H2,1H3. The van der Waals surface area contributed by atoms with Gasteiger partial charge in [0.1, 0.15) is 17.4 Å². The Morgan fingerprint density at radius 3 is 2.71 bits per heavy atom. The van der Waals surface area contributed by atoms with E-state index in [1.54, 1.807) is 24.3 Å². The Bertz CT molecular complexity index is 664. The van der Waals surface area contributed by atoms with Crippen molar-refractivity contribution >= 4 is 10.8 Å². The summed E-state index contributed by atoms with van der Waals surface area (Å²) in [7, 11) is -0.193. The monoisotopic (exact) mass is 311 g/mol. The summed E-state index contributed by atoms with van der Waals surface area (Å²) in [4.78, 5) is -0.173. The van der Waals surface area contributed by atoms with E-state index < -0.39 is 28.5 Å². The van der Waals surface area contributed by atoms with E-state index in [-0.39, 0.29) is 10.6 Å². The molecule has 0 aliphatic heterocycles. The van der Waals surface area contributed by atoms with Gasteiger partial charge < -0.3 is 10.5 Å². The number of nitrogens with two attached hydrogens (primary N) is 1. The maximum absolute atomic E-state index is 13.6. The highest BCUT2D eigenvalue weighted by molar-refractivity contribution is 7.85. The fourth-order valence-electron chi connectivity index (χ4n) is 1.87. The lowest BCUT2D eigenvalue weighted by Crippen LogP contribution is -2.19. The van der Waals surface area contributed by atoms with E-state index in [4.69, 9.17) is 10.5 Å². The smallest absolute Gasteiger partial charge is 0.139 e. The van der Waals surface area contributed by atoms with Gasteiger partial charge in [-0.3, -0.25) is 4.21 Å². The average Bonchev–Trinajstić information content (AvgIpc) is 2.49. The molecule has 0 aromatic heterocycles. The highest BCUT2D eigenvalue weighted by Gasteiger charge is 2.16. The summed E-state index contributed by atoms with van der Waals surface area (Å²) in [6.45, 7) is 0. The highest BCUT2D eigenvalue weighted by atomic mass is 32.2. The number of ether oxygens (including phenoxy) is 1. The largest absolute Gasteiger partial charge is 0.497 e. The van der Waals surface area contributed by atoms with Crippen molar-refractivity contribution in [3.63, 3.8) is 0 Å². The van der Waals surface area contributed by atoms with Crippen molar-refractivity contribution in [1.29, 1.82) is 0 Å². The lowest BCUT2D eigenvalue weighted by molar-refractivity contribution is 0.414. The van der Waals surface area contributed by atoms with E-state index in [1.165, 1.54) is 7.11 Å². The molecule has 0 spiro atoms. The van der Waals surface area contributed by atoms with Gasteiger partial charge in [0.05, 0.1) is 22.8 Å². The maximum atomic E-state index is 13.6. The van der Waals surface area contributed by atoms with Crippen LogP contribution < -0.4 is 10.5 Å². The minimum absolute atomic E-state index is 0.00641. The summed E-state index contributed by atoms with van der Waals surface area (Å²) in [5.41, 5.74) is 6.70. The van der Waals surface area contributed by atoms with Crippen molar-refractivity contribution in [1.82, 2.24) is 0 Å². The Labute approximate surface area is 124 Å². The molecule has 112 valence electrons. The molecule has 0 bridgehead atoms. The van der Waals surface area contributed by atoms with Crippen LogP contribution in [-0.4, -0.2) is 17.1 Å². The van der Waals surface area contributed by atoms with Crippen LogP contribution in [-0.2, 0) is 10.8 Å². The number of hydrogen-bond donors (Lipinski definition) is 1. The molecule has 0 heterocycles. The van der Waals surface area contributed by atoms with Crippen molar-refractivity contribution in [3.05, 3.63) is 59.7 Å². The van der Waals surface area contributed by atoms with Crippen molar-refractivity contribution in [2.75, 3.05) is 12.9 Å². The van der Waals surface area contributed by atoms with Crippen molar-refractivity contribution < 1.29 is 17.7 Å². The lowest BCUT2D eigenvalue weighted by Gasteiger charge is -2.13. The molecule has 2 rings (SSSR count). The van der Waals surface area contributed by atoms with Crippen LogP contribution in [0.2, 0.25) is 0 Å². The second-order valence-electron chi connectivity index (χ2n) is 4.47. The number of rotatable bonds is 5. The number of benzene rings is 2. The minimum atomic E-state index is -1.73. The Morgan fingerprint density at radius 2 is 2.00 bits per heavy atom. The summed E-state index contributed by atoms with van der Waals surface area (Å²) in [6.07, 6.45) is 0. The molecule has 0 saturated heterocycles. The average molecular weight is 311 g/mol. The van der Waals surface area contributed by atoms with Crippen molar-refractivity contribution in [2.24, 2.45) is 5.73 Å². The Kier molecular flexibility index (Phi) is 5.03. The molecular formula is C15H15F2NO2S. The Balaban J connectivity index is 2.16. The van der Waals surface area contributed by atoms with Crippen molar-refractivity contribution in [2.45, 2.75) is 10.9 Å². The van der Waals surface area contributed by atoms with Gasteiger partial charge in [-0.15, -0.1) is 0 Å². The fourth-order valence-corrected chi connectivity index (χ4v) is 3.10. The summed E-state index contributed by atoms with van der Waals surface area (Å²) in [5, 5.41) is 0. The zero-order chi connectivity index (χ0) is 15.4. The van der Waals surface area contributed by atoms with Crippen LogP contribution in [0.3, 0.4) is 0 Å². The molecule has 2 aromatic carbocycles. The van der Waals surface area contributed by atoms with E-state index in [1.807, 2.05) is 0 Å². The summed E-state index contributed by atoms with van der Waals surface area (Å²) < 4.78 is 43.9.